The zero-order chi connectivity index (χ0) is 16.7. The van der Waals surface area contributed by atoms with E-state index in [9.17, 15) is 14.7 Å². The van der Waals surface area contributed by atoms with Crippen molar-refractivity contribution < 1.29 is 14.7 Å². The van der Waals surface area contributed by atoms with Crippen molar-refractivity contribution in [1.29, 1.82) is 0 Å². The second-order valence-electron chi connectivity index (χ2n) is 7.60. The highest BCUT2D eigenvalue weighted by Gasteiger charge is 2.64. The standard InChI is InChI=1S/C17H31NO3/c1-9(2)13-14(15(19)20)18(12(7)8)16(21)17(13,10(3)4)11(5)6/h9-14H,1-8H3,(H,19,20)/t13?,14-/m0/s1. The van der Waals surface area contributed by atoms with E-state index in [1.807, 2.05) is 27.7 Å². The third kappa shape index (κ3) is 2.47. The number of carboxylic acid groups (broad SMARTS) is 1. The van der Waals surface area contributed by atoms with Gasteiger partial charge in [-0.1, -0.05) is 41.5 Å². The summed E-state index contributed by atoms with van der Waals surface area (Å²) >= 11 is 0. The van der Waals surface area contributed by atoms with Crippen LogP contribution < -0.4 is 0 Å². The molecule has 1 aliphatic heterocycles. The molecule has 1 amide bonds. The van der Waals surface area contributed by atoms with Gasteiger partial charge in [-0.25, -0.2) is 4.79 Å². The van der Waals surface area contributed by atoms with Crippen LogP contribution in [0.3, 0.4) is 0 Å². The molecule has 1 saturated heterocycles. The third-order valence-corrected chi connectivity index (χ3v) is 5.23. The molecule has 0 spiro atoms. The zero-order valence-electron chi connectivity index (χ0n) is 14.7. The molecule has 0 aromatic heterocycles. The Bertz CT molecular complexity index is 404. The van der Waals surface area contributed by atoms with Crippen LogP contribution in [0.4, 0.5) is 0 Å². The van der Waals surface area contributed by atoms with Crippen molar-refractivity contribution in [2.75, 3.05) is 0 Å². The second kappa shape index (κ2) is 5.98. The number of amides is 1. The van der Waals surface area contributed by atoms with Gasteiger partial charge in [0, 0.05) is 12.0 Å². The molecule has 1 fully saturated rings. The molecule has 0 saturated carbocycles. The van der Waals surface area contributed by atoms with Crippen molar-refractivity contribution in [3.63, 3.8) is 0 Å². The predicted molar refractivity (Wildman–Crippen MR) is 83.8 cm³/mol. The first-order chi connectivity index (χ1) is 9.51. The number of hydrogen-bond donors (Lipinski definition) is 1. The van der Waals surface area contributed by atoms with E-state index < -0.39 is 17.4 Å². The first-order valence-corrected chi connectivity index (χ1v) is 8.06. The molecule has 0 bridgehead atoms. The molecule has 1 N–H and O–H groups in total. The van der Waals surface area contributed by atoms with Crippen LogP contribution in [0.5, 0.6) is 0 Å². The lowest BCUT2D eigenvalue weighted by Gasteiger charge is -2.42. The summed E-state index contributed by atoms with van der Waals surface area (Å²) in [6, 6.07) is -0.818. The minimum atomic E-state index is -0.876. The number of carbonyl (C=O) groups is 2. The molecular weight excluding hydrogens is 266 g/mol. The Morgan fingerprint density at radius 2 is 1.48 bits per heavy atom. The summed E-state index contributed by atoms with van der Waals surface area (Å²) in [7, 11) is 0. The van der Waals surface area contributed by atoms with Crippen molar-refractivity contribution >= 4 is 11.9 Å². The average molecular weight is 297 g/mol. The van der Waals surface area contributed by atoms with E-state index >= 15 is 0 Å². The first kappa shape index (κ1) is 18.0. The fourth-order valence-corrected chi connectivity index (χ4v) is 4.60. The number of aliphatic carboxylic acids is 1. The predicted octanol–water partition coefficient (Wildman–Crippen LogP) is 3.26. The van der Waals surface area contributed by atoms with E-state index in [1.54, 1.807) is 4.90 Å². The Hall–Kier alpha value is -1.06. The van der Waals surface area contributed by atoms with Gasteiger partial charge in [0.25, 0.3) is 0 Å². The van der Waals surface area contributed by atoms with Gasteiger partial charge in [-0.2, -0.15) is 0 Å². The molecule has 2 atom stereocenters. The summed E-state index contributed by atoms with van der Waals surface area (Å²) in [5.41, 5.74) is -0.596. The largest absolute Gasteiger partial charge is 0.480 e. The summed E-state index contributed by atoms with van der Waals surface area (Å²) in [6.45, 7) is 16.1. The highest BCUT2D eigenvalue weighted by Crippen LogP contribution is 2.55. The van der Waals surface area contributed by atoms with E-state index in [2.05, 4.69) is 27.7 Å². The monoisotopic (exact) mass is 297 g/mol. The van der Waals surface area contributed by atoms with Crippen molar-refractivity contribution in [1.82, 2.24) is 4.90 Å². The summed E-state index contributed by atoms with van der Waals surface area (Å²) < 4.78 is 0. The van der Waals surface area contributed by atoms with Crippen molar-refractivity contribution in [2.45, 2.75) is 67.5 Å². The van der Waals surface area contributed by atoms with E-state index in [1.165, 1.54) is 0 Å². The van der Waals surface area contributed by atoms with E-state index in [0.29, 0.717) is 0 Å². The molecule has 1 unspecified atom stereocenters. The molecule has 0 radical (unpaired) electrons. The number of carbonyl (C=O) groups excluding carboxylic acids is 1. The van der Waals surface area contributed by atoms with Gasteiger partial charge in [-0.05, 0) is 31.6 Å². The van der Waals surface area contributed by atoms with Gasteiger partial charge in [-0.15, -0.1) is 0 Å². The Morgan fingerprint density at radius 3 is 1.71 bits per heavy atom. The molecule has 122 valence electrons. The fraction of sp³-hybridized carbons (Fsp3) is 0.882. The van der Waals surface area contributed by atoms with Crippen molar-refractivity contribution in [3.8, 4) is 0 Å². The molecule has 0 aliphatic carbocycles. The Balaban J connectivity index is 3.62. The van der Waals surface area contributed by atoms with Gasteiger partial charge in [0.05, 0.1) is 5.41 Å². The molecule has 1 heterocycles. The number of nitrogens with zero attached hydrogens (tertiary/aromatic N) is 1. The highest BCUT2D eigenvalue weighted by atomic mass is 16.4. The van der Waals surface area contributed by atoms with E-state index in [4.69, 9.17) is 0 Å². The van der Waals surface area contributed by atoms with Crippen molar-refractivity contribution in [3.05, 3.63) is 0 Å². The molecular formula is C17H31NO3. The minimum Gasteiger partial charge on any atom is -0.480 e. The summed E-state index contributed by atoms with van der Waals surface area (Å²) in [4.78, 5) is 26.8. The maximum atomic E-state index is 13.2. The number of carboxylic acids is 1. The van der Waals surface area contributed by atoms with E-state index in [0.717, 1.165) is 0 Å². The highest BCUT2D eigenvalue weighted by molar-refractivity contribution is 5.93. The van der Waals surface area contributed by atoms with Crippen LogP contribution in [-0.4, -0.2) is 34.0 Å². The fourth-order valence-electron chi connectivity index (χ4n) is 4.60. The average Bonchev–Trinajstić information content (AvgIpc) is 2.59. The van der Waals surface area contributed by atoms with Crippen LogP contribution in [0.1, 0.15) is 55.4 Å². The SMILES string of the molecule is CC(C)C1[C@@H](C(=O)O)N(C(C)C)C(=O)C1(C(C)C)C(C)C. The van der Waals surface area contributed by atoms with Crippen LogP contribution in [0.15, 0.2) is 0 Å². The molecule has 1 rings (SSSR count). The maximum Gasteiger partial charge on any atom is 0.326 e. The number of hydrogen-bond acceptors (Lipinski definition) is 2. The van der Waals surface area contributed by atoms with E-state index in [-0.39, 0.29) is 35.6 Å². The number of rotatable bonds is 5. The Labute approximate surface area is 128 Å². The maximum absolute atomic E-state index is 13.2. The Morgan fingerprint density at radius 1 is 1.05 bits per heavy atom. The van der Waals surface area contributed by atoms with Crippen LogP contribution in [0.2, 0.25) is 0 Å². The molecule has 1 aliphatic rings. The lowest BCUT2D eigenvalue weighted by molar-refractivity contribution is -0.149. The number of likely N-dealkylation sites (tertiary alicyclic amines) is 1. The second-order valence-corrected chi connectivity index (χ2v) is 7.60. The zero-order valence-corrected chi connectivity index (χ0v) is 14.7. The topological polar surface area (TPSA) is 57.6 Å². The lowest BCUT2D eigenvalue weighted by Crippen LogP contribution is -2.47. The van der Waals surface area contributed by atoms with Gasteiger partial charge in [-0.3, -0.25) is 4.79 Å². The quantitative estimate of drug-likeness (QED) is 0.847. The van der Waals surface area contributed by atoms with Crippen molar-refractivity contribution in [2.24, 2.45) is 29.1 Å². The van der Waals surface area contributed by atoms with Crippen LogP contribution in [-0.2, 0) is 9.59 Å². The van der Waals surface area contributed by atoms with Gasteiger partial charge < -0.3 is 10.0 Å². The molecule has 0 aromatic carbocycles. The lowest BCUT2D eigenvalue weighted by atomic mass is 9.58. The first-order valence-electron chi connectivity index (χ1n) is 8.06. The minimum absolute atomic E-state index is 0.0219. The molecule has 4 nitrogen and oxygen atoms in total. The molecule has 0 aromatic rings. The van der Waals surface area contributed by atoms with Crippen LogP contribution in [0, 0.1) is 29.1 Å². The molecule has 21 heavy (non-hydrogen) atoms. The summed E-state index contributed by atoms with van der Waals surface area (Å²) in [5, 5.41) is 9.77. The Kier molecular flexibility index (Phi) is 5.12. The van der Waals surface area contributed by atoms with Gasteiger partial charge in [0.1, 0.15) is 6.04 Å². The van der Waals surface area contributed by atoms with Crippen LogP contribution in [0.25, 0.3) is 0 Å². The van der Waals surface area contributed by atoms with Gasteiger partial charge >= 0.3 is 5.97 Å². The van der Waals surface area contributed by atoms with Gasteiger partial charge in [0.2, 0.25) is 5.91 Å². The summed E-state index contributed by atoms with van der Waals surface area (Å²) in [5.74, 6) is -0.646. The smallest absolute Gasteiger partial charge is 0.326 e. The summed E-state index contributed by atoms with van der Waals surface area (Å²) in [6.07, 6.45) is 0. The normalized spacial score (nSPS) is 25.7. The van der Waals surface area contributed by atoms with Crippen LogP contribution >= 0.6 is 0 Å². The third-order valence-electron chi connectivity index (χ3n) is 5.23. The van der Waals surface area contributed by atoms with Gasteiger partial charge in [0.15, 0.2) is 0 Å². The molecule has 4 heteroatoms.